The Bertz CT molecular complexity index is 542. The fraction of sp³-hybridized carbons (Fsp3) is 0.562. The maximum absolute atomic E-state index is 5.78. The summed E-state index contributed by atoms with van der Waals surface area (Å²) in [6, 6.07) is 9.00. The van der Waals surface area contributed by atoms with Gasteiger partial charge in [-0.1, -0.05) is 32.0 Å². The van der Waals surface area contributed by atoms with Crippen LogP contribution in [0.4, 0.5) is 0 Å². The third kappa shape index (κ3) is 3.02. The van der Waals surface area contributed by atoms with Crippen LogP contribution in [-0.2, 0) is 13.6 Å². The molecular weight excluding hydrogens is 248 g/mol. The zero-order valence-corrected chi connectivity index (χ0v) is 12.8. The van der Waals surface area contributed by atoms with Crippen LogP contribution in [0.2, 0.25) is 0 Å². The monoisotopic (exact) mass is 274 g/mol. The van der Waals surface area contributed by atoms with Gasteiger partial charge >= 0.3 is 0 Å². The number of aryl methyl sites for hydroxylation is 1. The zero-order valence-electron chi connectivity index (χ0n) is 12.8. The van der Waals surface area contributed by atoms with Crippen molar-refractivity contribution in [3.63, 3.8) is 0 Å². The van der Waals surface area contributed by atoms with Crippen molar-refractivity contribution in [2.75, 3.05) is 13.1 Å². The van der Waals surface area contributed by atoms with Crippen molar-refractivity contribution in [1.82, 2.24) is 14.7 Å². The van der Waals surface area contributed by atoms with E-state index in [4.69, 9.17) is 10.8 Å². The Morgan fingerprint density at radius 3 is 2.60 bits per heavy atom. The van der Waals surface area contributed by atoms with Crippen molar-refractivity contribution in [2.24, 2.45) is 12.8 Å². The highest BCUT2D eigenvalue weighted by Crippen LogP contribution is 2.20. The molecule has 110 valence electrons. The van der Waals surface area contributed by atoms with E-state index in [2.05, 4.69) is 43.0 Å². The van der Waals surface area contributed by atoms with E-state index >= 15 is 0 Å². The van der Waals surface area contributed by atoms with Gasteiger partial charge in [0.25, 0.3) is 0 Å². The van der Waals surface area contributed by atoms with Gasteiger partial charge in [0.15, 0.2) is 0 Å². The van der Waals surface area contributed by atoms with E-state index in [0.29, 0.717) is 12.6 Å². The molecule has 2 N–H and O–H groups in total. The van der Waals surface area contributed by atoms with E-state index in [1.54, 1.807) is 0 Å². The fourth-order valence-corrected chi connectivity index (χ4v) is 2.96. The lowest BCUT2D eigenvalue weighted by molar-refractivity contribution is 0.180. The number of para-hydroxylation sites is 1. The third-order valence-corrected chi connectivity index (χ3v) is 4.06. The van der Waals surface area contributed by atoms with E-state index < -0.39 is 0 Å². The van der Waals surface area contributed by atoms with Crippen LogP contribution in [0.1, 0.15) is 32.4 Å². The second-order valence-corrected chi connectivity index (χ2v) is 5.32. The molecule has 0 amide bonds. The highest BCUT2D eigenvalue weighted by atomic mass is 15.3. The summed E-state index contributed by atoms with van der Waals surface area (Å²) in [7, 11) is 2.01. The van der Waals surface area contributed by atoms with Crippen LogP contribution >= 0.6 is 0 Å². The maximum Gasteiger partial charge on any atom is 0.0843 e. The van der Waals surface area contributed by atoms with Gasteiger partial charge < -0.3 is 5.73 Å². The molecule has 0 unspecified atom stereocenters. The summed E-state index contributed by atoms with van der Waals surface area (Å²) in [5, 5.41) is 5.95. The minimum Gasteiger partial charge on any atom is -0.329 e. The summed E-state index contributed by atoms with van der Waals surface area (Å²) in [5.41, 5.74) is 8.13. The van der Waals surface area contributed by atoms with Crippen molar-refractivity contribution in [2.45, 2.75) is 39.3 Å². The molecule has 2 rings (SSSR count). The summed E-state index contributed by atoms with van der Waals surface area (Å²) in [4.78, 5) is 2.47. The second kappa shape index (κ2) is 6.86. The van der Waals surface area contributed by atoms with E-state index in [0.717, 1.165) is 31.6 Å². The van der Waals surface area contributed by atoms with Crippen LogP contribution in [0.25, 0.3) is 10.9 Å². The summed E-state index contributed by atoms with van der Waals surface area (Å²) in [5.74, 6) is 0. The van der Waals surface area contributed by atoms with Crippen molar-refractivity contribution < 1.29 is 0 Å². The zero-order chi connectivity index (χ0) is 14.5. The molecule has 0 aliphatic heterocycles. The summed E-state index contributed by atoms with van der Waals surface area (Å²) in [6.07, 6.45) is 2.31. The fourth-order valence-electron chi connectivity index (χ4n) is 2.96. The van der Waals surface area contributed by atoms with Crippen LogP contribution in [0, 0.1) is 0 Å². The molecule has 2 aromatic rings. The summed E-state index contributed by atoms with van der Waals surface area (Å²) >= 11 is 0. The molecule has 1 aromatic heterocycles. The normalized spacial score (nSPS) is 11.9. The molecule has 1 heterocycles. The predicted octanol–water partition coefficient (Wildman–Crippen LogP) is 2.52. The van der Waals surface area contributed by atoms with Gasteiger partial charge in [0, 0.05) is 38.1 Å². The van der Waals surface area contributed by atoms with Crippen LogP contribution in [-0.4, -0.2) is 33.8 Å². The molecule has 4 nitrogen and oxygen atoms in total. The van der Waals surface area contributed by atoms with Gasteiger partial charge in [-0.3, -0.25) is 9.58 Å². The number of benzene rings is 1. The Morgan fingerprint density at radius 2 is 1.95 bits per heavy atom. The van der Waals surface area contributed by atoms with Gasteiger partial charge in [-0.2, -0.15) is 5.10 Å². The second-order valence-electron chi connectivity index (χ2n) is 5.32. The molecule has 0 fully saturated rings. The summed E-state index contributed by atoms with van der Waals surface area (Å²) in [6.45, 7) is 6.99. The number of nitrogens with two attached hydrogens (primary N) is 1. The predicted molar refractivity (Wildman–Crippen MR) is 84.5 cm³/mol. The smallest absolute Gasteiger partial charge is 0.0843 e. The van der Waals surface area contributed by atoms with E-state index in [1.165, 1.54) is 10.9 Å². The number of nitrogens with zero attached hydrogens (tertiary/aromatic N) is 3. The first-order valence-corrected chi connectivity index (χ1v) is 7.55. The van der Waals surface area contributed by atoms with Crippen molar-refractivity contribution in [3.05, 3.63) is 30.0 Å². The lowest BCUT2D eigenvalue weighted by atomic mass is 10.1. The van der Waals surface area contributed by atoms with Crippen molar-refractivity contribution in [3.8, 4) is 0 Å². The van der Waals surface area contributed by atoms with Gasteiger partial charge in [-0.25, -0.2) is 0 Å². The van der Waals surface area contributed by atoms with Crippen LogP contribution in [0.5, 0.6) is 0 Å². The first-order chi connectivity index (χ1) is 9.71. The van der Waals surface area contributed by atoms with Gasteiger partial charge in [0.2, 0.25) is 0 Å². The number of hydrogen-bond acceptors (Lipinski definition) is 3. The average Bonchev–Trinajstić information content (AvgIpc) is 2.78. The Balaban J connectivity index is 2.28. The molecule has 0 spiro atoms. The molecule has 0 radical (unpaired) electrons. The molecule has 0 saturated heterocycles. The molecule has 0 bridgehead atoms. The van der Waals surface area contributed by atoms with E-state index in [9.17, 15) is 0 Å². The van der Waals surface area contributed by atoms with E-state index in [-0.39, 0.29) is 0 Å². The molecule has 1 aromatic carbocycles. The molecule has 20 heavy (non-hydrogen) atoms. The Hall–Kier alpha value is -1.39. The van der Waals surface area contributed by atoms with Crippen LogP contribution in [0.3, 0.4) is 0 Å². The molecule has 0 atom stereocenters. The minimum atomic E-state index is 0.583. The molecule has 0 aliphatic carbocycles. The maximum atomic E-state index is 5.78. The van der Waals surface area contributed by atoms with Gasteiger partial charge in [-0.15, -0.1) is 0 Å². The van der Waals surface area contributed by atoms with Gasteiger partial charge in [0.1, 0.15) is 0 Å². The molecule has 0 saturated carbocycles. The first-order valence-electron chi connectivity index (χ1n) is 7.55. The topological polar surface area (TPSA) is 47.1 Å². The quantitative estimate of drug-likeness (QED) is 0.844. The lowest BCUT2D eigenvalue weighted by Crippen LogP contribution is -2.37. The average molecular weight is 274 g/mol. The largest absolute Gasteiger partial charge is 0.329 e. The Labute approximate surface area is 121 Å². The lowest BCUT2D eigenvalue weighted by Gasteiger charge is -2.29. The SMILES string of the molecule is CCC(CC)N(CCN)Cc1nn(C)c2ccccc12. The van der Waals surface area contributed by atoms with Gasteiger partial charge in [0.05, 0.1) is 11.2 Å². The van der Waals surface area contributed by atoms with Crippen LogP contribution < -0.4 is 5.73 Å². The van der Waals surface area contributed by atoms with Gasteiger partial charge in [-0.05, 0) is 18.9 Å². The number of rotatable bonds is 7. The Kier molecular flexibility index (Phi) is 5.15. The third-order valence-electron chi connectivity index (χ3n) is 4.06. The minimum absolute atomic E-state index is 0.583. The Morgan fingerprint density at radius 1 is 1.25 bits per heavy atom. The molecule has 0 aliphatic rings. The van der Waals surface area contributed by atoms with Crippen molar-refractivity contribution in [1.29, 1.82) is 0 Å². The standard InChI is InChI=1S/C16H26N4/c1-4-13(5-2)20(11-10-17)12-15-14-8-6-7-9-16(14)19(3)18-15/h6-9,13H,4-5,10-12,17H2,1-3H3. The molecular formula is C16H26N4. The number of fused-ring (bicyclic) bond motifs is 1. The highest BCUT2D eigenvalue weighted by Gasteiger charge is 2.17. The summed E-state index contributed by atoms with van der Waals surface area (Å²) < 4.78 is 1.97. The molecule has 4 heteroatoms. The number of aromatic nitrogens is 2. The van der Waals surface area contributed by atoms with Crippen LogP contribution in [0.15, 0.2) is 24.3 Å². The van der Waals surface area contributed by atoms with E-state index in [1.807, 2.05) is 11.7 Å². The first kappa shape index (κ1) is 15.0. The highest BCUT2D eigenvalue weighted by molar-refractivity contribution is 5.81. The number of hydrogen-bond donors (Lipinski definition) is 1. The van der Waals surface area contributed by atoms with Crippen molar-refractivity contribution >= 4 is 10.9 Å².